The highest BCUT2D eigenvalue weighted by atomic mass is 16.7. The number of ether oxygens (including phenoxy) is 2. The average Bonchev–Trinajstić information content (AvgIpc) is 2.98. The summed E-state index contributed by atoms with van der Waals surface area (Å²) < 4.78 is 23.5. The number of piperidine rings is 1. The summed E-state index contributed by atoms with van der Waals surface area (Å²) in [5.74, 6) is -0.252. The number of rotatable bonds is 6. The third-order valence-corrected chi connectivity index (χ3v) is 6.74. The van der Waals surface area contributed by atoms with Gasteiger partial charge in [0.2, 0.25) is 5.91 Å². The van der Waals surface area contributed by atoms with Gasteiger partial charge in [0.15, 0.2) is 0 Å². The van der Waals surface area contributed by atoms with Crippen LogP contribution in [0, 0.1) is 5.92 Å². The van der Waals surface area contributed by atoms with Crippen molar-refractivity contribution < 1.29 is 28.4 Å². The van der Waals surface area contributed by atoms with Crippen LogP contribution < -0.4 is 15.5 Å². The number of hydrogen-bond donors (Lipinski definition) is 1. The summed E-state index contributed by atoms with van der Waals surface area (Å²) in [6.45, 7) is 18.1. The van der Waals surface area contributed by atoms with E-state index in [2.05, 4.69) is 15.3 Å². The first kappa shape index (κ1) is 28.2. The van der Waals surface area contributed by atoms with Crippen molar-refractivity contribution >= 4 is 24.6 Å². The molecule has 0 saturated carbocycles. The molecule has 2 aliphatic heterocycles. The standard InChI is InChI=1S/C25H41BN4O6/c1-16(2)19(29-22(32)34-23(3,4)5)20(31)30-12-10-11-18(15-30)33-21-27-13-17(14-28-21)26-35-24(6,7)25(8,9)36-26/h13-14,16,18-19H,10-12,15H2,1-9H3,(H,29,32)/t18-,19-/m0/s1. The van der Waals surface area contributed by atoms with Gasteiger partial charge >= 0.3 is 19.2 Å². The average molecular weight is 504 g/mol. The van der Waals surface area contributed by atoms with Crippen molar-refractivity contribution in [3.63, 3.8) is 0 Å². The van der Waals surface area contributed by atoms with E-state index in [4.69, 9.17) is 18.8 Å². The van der Waals surface area contributed by atoms with Crippen molar-refractivity contribution in [1.29, 1.82) is 0 Å². The molecule has 2 fully saturated rings. The van der Waals surface area contributed by atoms with Gasteiger partial charge in [-0.25, -0.2) is 14.8 Å². The van der Waals surface area contributed by atoms with Gasteiger partial charge in [-0.15, -0.1) is 0 Å². The lowest BCUT2D eigenvalue weighted by Crippen LogP contribution is -2.55. The van der Waals surface area contributed by atoms with Crippen LogP contribution in [0.5, 0.6) is 6.01 Å². The van der Waals surface area contributed by atoms with Gasteiger partial charge in [-0.3, -0.25) is 4.79 Å². The molecule has 0 aliphatic carbocycles. The van der Waals surface area contributed by atoms with Gasteiger partial charge in [-0.2, -0.15) is 0 Å². The molecule has 10 nitrogen and oxygen atoms in total. The molecule has 2 amide bonds. The Labute approximate surface area is 215 Å². The smallest absolute Gasteiger partial charge is 0.458 e. The van der Waals surface area contributed by atoms with Crippen LogP contribution >= 0.6 is 0 Å². The monoisotopic (exact) mass is 504 g/mol. The topological polar surface area (TPSA) is 112 Å². The van der Waals surface area contributed by atoms with E-state index in [1.165, 1.54) is 0 Å². The van der Waals surface area contributed by atoms with Gasteiger partial charge in [-0.1, -0.05) is 13.8 Å². The van der Waals surface area contributed by atoms with Crippen molar-refractivity contribution in [3.8, 4) is 6.01 Å². The second-order valence-electron chi connectivity index (χ2n) is 11.9. The number of likely N-dealkylation sites (tertiary alicyclic amines) is 1. The number of nitrogens with zero attached hydrogens (tertiary/aromatic N) is 3. The number of carbonyl (C=O) groups excluding carboxylic acids is 2. The van der Waals surface area contributed by atoms with Gasteiger partial charge in [0.1, 0.15) is 17.7 Å². The minimum absolute atomic E-state index is 0.0998. The van der Waals surface area contributed by atoms with E-state index < -0.39 is 36.1 Å². The van der Waals surface area contributed by atoms with Crippen molar-refractivity contribution in [2.24, 2.45) is 5.92 Å². The lowest BCUT2D eigenvalue weighted by molar-refractivity contribution is -0.137. The third-order valence-electron chi connectivity index (χ3n) is 6.74. The molecular formula is C25H41BN4O6. The number of amides is 2. The molecule has 2 atom stereocenters. The molecule has 200 valence electrons. The molecule has 36 heavy (non-hydrogen) atoms. The van der Waals surface area contributed by atoms with E-state index in [1.54, 1.807) is 38.1 Å². The van der Waals surface area contributed by atoms with Gasteiger partial charge in [0.25, 0.3) is 0 Å². The fourth-order valence-electron chi connectivity index (χ4n) is 4.02. The highest BCUT2D eigenvalue weighted by Crippen LogP contribution is 2.36. The van der Waals surface area contributed by atoms with Crippen molar-refractivity contribution in [2.75, 3.05) is 13.1 Å². The van der Waals surface area contributed by atoms with E-state index in [0.717, 1.165) is 18.3 Å². The SMILES string of the molecule is CC(C)[C@H](NC(=O)OC(C)(C)C)C(=O)N1CCC[C@H](Oc2ncc(B3OC(C)(C)C(C)(C)O3)cn2)C1. The molecule has 1 aromatic heterocycles. The first-order chi connectivity index (χ1) is 16.6. The maximum atomic E-state index is 13.3. The zero-order chi connectivity index (χ0) is 26.9. The fourth-order valence-corrected chi connectivity index (χ4v) is 4.02. The number of nitrogens with one attached hydrogen (secondary N) is 1. The summed E-state index contributed by atoms with van der Waals surface area (Å²) >= 11 is 0. The van der Waals surface area contributed by atoms with Crippen LogP contribution in [0.2, 0.25) is 0 Å². The minimum Gasteiger partial charge on any atom is -0.458 e. The van der Waals surface area contributed by atoms with Gasteiger partial charge < -0.3 is 29.0 Å². The molecule has 0 unspecified atom stereocenters. The van der Waals surface area contributed by atoms with E-state index in [0.29, 0.717) is 13.1 Å². The van der Waals surface area contributed by atoms with E-state index in [9.17, 15) is 9.59 Å². The predicted molar refractivity (Wildman–Crippen MR) is 136 cm³/mol. The van der Waals surface area contributed by atoms with Crippen molar-refractivity contribution in [2.45, 2.75) is 104 Å². The van der Waals surface area contributed by atoms with E-state index >= 15 is 0 Å². The second-order valence-corrected chi connectivity index (χ2v) is 11.9. The third kappa shape index (κ3) is 6.88. The second kappa shape index (κ2) is 10.5. The Kier molecular flexibility index (Phi) is 8.25. The Hall–Kier alpha value is -2.40. The molecule has 3 rings (SSSR count). The Morgan fingerprint density at radius 3 is 2.25 bits per heavy atom. The molecule has 1 aromatic rings. The van der Waals surface area contributed by atoms with Gasteiger partial charge in [0, 0.05) is 24.4 Å². The molecule has 0 aromatic carbocycles. The summed E-state index contributed by atoms with van der Waals surface area (Å²) in [6.07, 6.45) is 4.00. The van der Waals surface area contributed by atoms with Crippen LogP contribution in [-0.2, 0) is 18.8 Å². The van der Waals surface area contributed by atoms with Crippen LogP contribution in [-0.4, -0.2) is 76.0 Å². The van der Waals surface area contributed by atoms with Crippen molar-refractivity contribution in [3.05, 3.63) is 12.4 Å². The van der Waals surface area contributed by atoms with Crippen LogP contribution in [0.3, 0.4) is 0 Å². The Morgan fingerprint density at radius 1 is 1.14 bits per heavy atom. The Balaban J connectivity index is 1.59. The van der Waals surface area contributed by atoms with E-state index in [1.807, 2.05) is 41.5 Å². The van der Waals surface area contributed by atoms with Gasteiger partial charge in [0.05, 0.1) is 17.7 Å². The highest BCUT2D eigenvalue weighted by molar-refractivity contribution is 6.61. The summed E-state index contributed by atoms with van der Waals surface area (Å²) in [5, 5.41) is 2.74. The van der Waals surface area contributed by atoms with Crippen molar-refractivity contribution in [1.82, 2.24) is 20.2 Å². The lowest BCUT2D eigenvalue weighted by atomic mass is 9.81. The maximum Gasteiger partial charge on any atom is 0.498 e. The summed E-state index contributed by atoms with van der Waals surface area (Å²) in [4.78, 5) is 36.0. The zero-order valence-corrected chi connectivity index (χ0v) is 23.1. The molecule has 11 heteroatoms. The number of aromatic nitrogens is 2. The zero-order valence-electron chi connectivity index (χ0n) is 23.1. The Morgan fingerprint density at radius 2 is 1.72 bits per heavy atom. The highest BCUT2D eigenvalue weighted by Gasteiger charge is 2.52. The normalized spacial score (nSPS) is 22.3. The molecule has 0 radical (unpaired) electrons. The molecule has 1 N–H and O–H groups in total. The number of hydrogen-bond acceptors (Lipinski definition) is 8. The molecule has 3 heterocycles. The first-order valence-corrected chi connectivity index (χ1v) is 12.7. The first-order valence-electron chi connectivity index (χ1n) is 12.7. The Bertz CT molecular complexity index is 915. The molecule has 0 bridgehead atoms. The lowest BCUT2D eigenvalue weighted by Gasteiger charge is -2.35. The summed E-state index contributed by atoms with van der Waals surface area (Å²) in [6, 6.07) is -0.448. The predicted octanol–water partition coefficient (Wildman–Crippen LogP) is 2.69. The van der Waals surface area contributed by atoms with E-state index in [-0.39, 0.29) is 23.9 Å². The summed E-state index contributed by atoms with van der Waals surface area (Å²) in [5.41, 5.74) is -0.820. The molecular weight excluding hydrogens is 463 g/mol. The molecule has 2 aliphatic rings. The molecule has 2 saturated heterocycles. The van der Waals surface area contributed by atoms with Crippen LogP contribution in [0.1, 0.15) is 75.2 Å². The number of alkyl carbamates (subject to hydrolysis) is 1. The quantitative estimate of drug-likeness (QED) is 0.589. The largest absolute Gasteiger partial charge is 0.498 e. The van der Waals surface area contributed by atoms with Crippen LogP contribution in [0.15, 0.2) is 12.4 Å². The summed E-state index contributed by atoms with van der Waals surface area (Å²) in [7, 11) is -0.544. The number of carbonyl (C=O) groups is 2. The molecule has 0 spiro atoms. The fraction of sp³-hybridized carbons (Fsp3) is 0.760. The van der Waals surface area contributed by atoms with Gasteiger partial charge in [-0.05, 0) is 67.2 Å². The maximum absolute atomic E-state index is 13.3. The van der Waals surface area contributed by atoms with Crippen LogP contribution in [0.25, 0.3) is 0 Å². The minimum atomic E-state index is -0.686. The van der Waals surface area contributed by atoms with Crippen LogP contribution in [0.4, 0.5) is 4.79 Å².